The van der Waals surface area contributed by atoms with Crippen molar-refractivity contribution in [3.8, 4) is 5.75 Å². The largest absolute Gasteiger partial charge is 0.496 e. The summed E-state index contributed by atoms with van der Waals surface area (Å²) in [6, 6.07) is 5.00. The molecule has 18 heavy (non-hydrogen) atoms. The van der Waals surface area contributed by atoms with Gasteiger partial charge in [-0.15, -0.1) is 0 Å². The maximum absolute atomic E-state index is 11.0. The van der Waals surface area contributed by atoms with Gasteiger partial charge >= 0.3 is 5.97 Å². The Bertz CT molecular complexity index is 389. The lowest BCUT2D eigenvalue weighted by atomic mass is 10.1. The molecule has 1 aromatic carbocycles. The number of methoxy groups -OCH3 is 2. The van der Waals surface area contributed by atoms with E-state index in [1.54, 1.807) is 25.3 Å². The van der Waals surface area contributed by atoms with E-state index in [4.69, 9.17) is 19.3 Å². The second kappa shape index (κ2) is 7.68. The zero-order valence-corrected chi connectivity index (χ0v) is 10.6. The SMILES string of the molecule is COCCCOCc1ccc(OC)c(C(=O)O)c1. The fourth-order valence-corrected chi connectivity index (χ4v) is 1.51. The van der Waals surface area contributed by atoms with Crippen LogP contribution in [0, 0.1) is 0 Å². The maximum Gasteiger partial charge on any atom is 0.339 e. The zero-order chi connectivity index (χ0) is 13.4. The van der Waals surface area contributed by atoms with Crippen molar-refractivity contribution in [1.82, 2.24) is 0 Å². The summed E-state index contributed by atoms with van der Waals surface area (Å²) in [5.41, 5.74) is 0.959. The monoisotopic (exact) mass is 254 g/mol. The van der Waals surface area contributed by atoms with E-state index < -0.39 is 5.97 Å². The first-order valence-corrected chi connectivity index (χ1v) is 5.66. The molecule has 0 saturated heterocycles. The molecule has 5 nitrogen and oxygen atoms in total. The lowest BCUT2D eigenvalue weighted by Crippen LogP contribution is -2.03. The smallest absolute Gasteiger partial charge is 0.339 e. The molecule has 0 aromatic heterocycles. The van der Waals surface area contributed by atoms with Crippen molar-refractivity contribution >= 4 is 5.97 Å². The predicted molar refractivity (Wildman–Crippen MR) is 66.1 cm³/mol. The lowest BCUT2D eigenvalue weighted by Gasteiger charge is -2.08. The molecule has 0 atom stereocenters. The number of benzene rings is 1. The Labute approximate surface area is 106 Å². The Morgan fingerprint density at radius 1 is 1.28 bits per heavy atom. The highest BCUT2D eigenvalue weighted by atomic mass is 16.5. The van der Waals surface area contributed by atoms with Crippen LogP contribution in [0.25, 0.3) is 0 Å². The molecule has 0 aliphatic rings. The first-order chi connectivity index (χ1) is 8.69. The normalized spacial score (nSPS) is 10.3. The van der Waals surface area contributed by atoms with Crippen LogP contribution >= 0.6 is 0 Å². The maximum atomic E-state index is 11.0. The summed E-state index contributed by atoms with van der Waals surface area (Å²) in [4.78, 5) is 11.0. The molecule has 0 aliphatic heterocycles. The molecule has 0 heterocycles. The average Bonchev–Trinajstić information content (AvgIpc) is 2.38. The Kier molecular flexibility index (Phi) is 6.18. The fourth-order valence-electron chi connectivity index (χ4n) is 1.51. The van der Waals surface area contributed by atoms with Gasteiger partial charge in [-0.2, -0.15) is 0 Å². The number of rotatable bonds is 8. The number of aromatic carboxylic acids is 1. The molecule has 5 heteroatoms. The minimum Gasteiger partial charge on any atom is -0.496 e. The summed E-state index contributed by atoms with van der Waals surface area (Å²) < 4.78 is 15.3. The van der Waals surface area contributed by atoms with Gasteiger partial charge in [0.2, 0.25) is 0 Å². The van der Waals surface area contributed by atoms with Gasteiger partial charge in [-0.1, -0.05) is 6.07 Å². The summed E-state index contributed by atoms with van der Waals surface area (Å²) in [6.45, 7) is 1.62. The van der Waals surface area contributed by atoms with E-state index in [0.29, 0.717) is 25.6 Å². The van der Waals surface area contributed by atoms with Gasteiger partial charge in [-0.05, 0) is 24.1 Å². The average molecular weight is 254 g/mol. The molecule has 0 radical (unpaired) electrons. The predicted octanol–water partition coefficient (Wildman–Crippen LogP) is 1.95. The van der Waals surface area contributed by atoms with Crippen molar-refractivity contribution in [3.05, 3.63) is 29.3 Å². The fraction of sp³-hybridized carbons (Fsp3) is 0.462. The van der Waals surface area contributed by atoms with Gasteiger partial charge in [0.15, 0.2) is 0 Å². The molecule has 0 aliphatic carbocycles. The minimum absolute atomic E-state index is 0.149. The van der Waals surface area contributed by atoms with Crippen LogP contribution in [0.15, 0.2) is 18.2 Å². The highest BCUT2D eigenvalue weighted by Crippen LogP contribution is 2.20. The zero-order valence-electron chi connectivity index (χ0n) is 10.6. The first kappa shape index (κ1) is 14.5. The van der Waals surface area contributed by atoms with E-state index in [-0.39, 0.29) is 5.56 Å². The van der Waals surface area contributed by atoms with Crippen LogP contribution in [-0.4, -0.2) is 38.5 Å². The molecule has 0 amide bonds. The number of ether oxygens (including phenoxy) is 3. The number of hydrogen-bond acceptors (Lipinski definition) is 4. The summed E-state index contributed by atoms with van der Waals surface area (Å²) in [7, 11) is 3.09. The third-order valence-corrected chi connectivity index (χ3v) is 2.40. The molecule has 0 unspecified atom stereocenters. The van der Waals surface area contributed by atoms with E-state index in [9.17, 15) is 4.79 Å². The molecular formula is C13H18O5. The van der Waals surface area contributed by atoms with Gasteiger partial charge in [0.25, 0.3) is 0 Å². The molecule has 0 spiro atoms. The highest BCUT2D eigenvalue weighted by Gasteiger charge is 2.11. The minimum atomic E-state index is -1.01. The van der Waals surface area contributed by atoms with Gasteiger partial charge in [0.05, 0.1) is 13.7 Å². The third-order valence-electron chi connectivity index (χ3n) is 2.40. The number of carboxylic acids is 1. The van der Waals surface area contributed by atoms with Crippen LogP contribution in [-0.2, 0) is 16.1 Å². The Morgan fingerprint density at radius 2 is 2.06 bits per heavy atom. The van der Waals surface area contributed by atoms with Crippen molar-refractivity contribution in [3.63, 3.8) is 0 Å². The quantitative estimate of drug-likeness (QED) is 0.718. The topological polar surface area (TPSA) is 65.0 Å². The van der Waals surface area contributed by atoms with Crippen LogP contribution < -0.4 is 4.74 Å². The highest BCUT2D eigenvalue weighted by molar-refractivity contribution is 5.91. The van der Waals surface area contributed by atoms with Crippen molar-refractivity contribution in [1.29, 1.82) is 0 Å². The van der Waals surface area contributed by atoms with Crippen molar-refractivity contribution in [2.24, 2.45) is 0 Å². The van der Waals surface area contributed by atoms with E-state index >= 15 is 0 Å². The Hall–Kier alpha value is -1.59. The molecule has 100 valence electrons. The summed E-state index contributed by atoms with van der Waals surface area (Å²) in [6.07, 6.45) is 0.818. The second-order valence-corrected chi connectivity index (χ2v) is 3.74. The first-order valence-electron chi connectivity index (χ1n) is 5.66. The number of carboxylic acid groups (broad SMARTS) is 1. The van der Waals surface area contributed by atoms with Crippen molar-refractivity contribution in [2.45, 2.75) is 13.0 Å². The van der Waals surface area contributed by atoms with Crippen LogP contribution in [0.3, 0.4) is 0 Å². The van der Waals surface area contributed by atoms with Crippen LogP contribution in [0.5, 0.6) is 5.75 Å². The van der Waals surface area contributed by atoms with E-state index in [1.165, 1.54) is 7.11 Å². The standard InChI is InChI=1S/C13H18O5/c1-16-6-3-7-18-9-10-4-5-12(17-2)11(8-10)13(14)15/h4-5,8H,3,6-7,9H2,1-2H3,(H,14,15). The third kappa shape index (κ3) is 4.35. The van der Waals surface area contributed by atoms with E-state index in [1.807, 2.05) is 0 Å². The Balaban J connectivity index is 2.56. The molecule has 1 aromatic rings. The van der Waals surface area contributed by atoms with Crippen molar-refractivity contribution < 1.29 is 24.1 Å². The van der Waals surface area contributed by atoms with Gasteiger partial charge < -0.3 is 19.3 Å². The molecule has 0 saturated carbocycles. The van der Waals surface area contributed by atoms with Gasteiger partial charge in [-0.3, -0.25) is 0 Å². The van der Waals surface area contributed by atoms with Crippen molar-refractivity contribution in [2.75, 3.05) is 27.4 Å². The Morgan fingerprint density at radius 3 is 2.67 bits per heavy atom. The van der Waals surface area contributed by atoms with Crippen LogP contribution in [0.2, 0.25) is 0 Å². The number of hydrogen-bond donors (Lipinski definition) is 1. The van der Waals surface area contributed by atoms with Gasteiger partial charge in [0, 0.05) is 20.3 Å². The molecule has 0 fully saturated rings. The molecule has 1 rings (SSSR count). The van der Waals surface area contributed by atoms with Gasteiger partial charge in [-0.25, -0.2) is 4.79 Å². The molecular weight excluding hydrogens is 236 g/mol. The van der Waals surface area contributed by atoms with Gasteiger partial charge in [0.1, 0.15) is 11.3 Å². The van der Waals surface area contributed by atoms with Crippen LogP contribution in [0.1, 0.15) is 22.3 Å². The number of carbonyl (C=O) groups is 1. The molecule has 1 N–H and O–H groups in total. The summed E-state index contributed by atoms with van der Waals surface area (Å²) in [5, 5.41) is 9.03. The lowest BCUT2D eigenvalue weighted by molar-refractivity contribution is 0.0692. The second-order valence-electron chi connectivity index (χ2n) is 3.74. The summed E-state index contributed by atoms with van der Waals surface area (Å²) >= 11 is 0. The van der Waals surface area contributed by atoms with E-state index in [2.05, 4.69) is 0 Å². The summed E-state index contributed by atoms with van der Waals surface area (Å²) in [5.74, 6) is -0.654. The van der Waals surface area contributed by atoms with Crippen LogP contribution in [0.4, 0.5) is 0 Å². The molecule has 0 bridgehead atoms. The van der Waals surface area contributed by atoms with E-state index in [0.717, 1.165) is 12.0 Å².